The number of methoxy groups -OCH3 is 2. The molecule has 1 aromatic heterocycles. The summed E-state index contributed by atoms with van der Waals surface area (Å²) in [5.41, 5.74) is 2.12. The monoisotopic (exact) mass is 708 g/mol. The van der Waals surface area contributed by atoms with E-state index in [-0.39, 0.29) is 36.2 Å². The van der Waals surface area contributed by atoms with E-state index in [0.29, 0.717) is 44.8 Å². The molecule has 1 amide bonds. The smallest absolute Gasteiger partial charge is 0.415 e. The SMILES string of the molecule is COc1ccc([C@H](Cc2c(Cl)c[nH+]cc2Cl)OC(=O)c2cccc(CN(C(=O)O[C@H]3CN4CCC3CC4)c3ccccc3F)c2)cc1OC. The van der Waals surface area contributed by atoms with Crippen LogP contribution in [0.15, 0.2) is 79.1 Å². The lowest BCUT2D eigenvalue weighted by atomic mass is 9.86. The third-order valence-electron chi connectivity index (χ3n) is 9.13. The second kappa shape index (κ2) is 15.4. The van der Waals surface area contributed by atoms with Crippen molar-refractivity contribution in [3.63, 3.8) is 0 Å². The minimum atomic E-state index is -0.820. The topological polar surface area (TPSA) is 91.7 Å². The van der Waals surface area contributed by atoms with Gasteiger partial charge in [0.25, 0.3) is 0 Å². The Balaban J connectivity index is 1.26. The number of benzene rings is 3. The van der Waals surface area contributed by atoms with Crippen molar-refractivity contribution in [2.45, 2.75) is 38.0 Å². The summed E-state index contributed by atoms with van der Waals surface area (Å²) in [5.74, 6) is 0.0777. The molecule has 0 radical (unpaired) electrons. The van der Waals surface area contributed by atoms with Gasteiger partial charge in [-0.25, -0.2) is 19.0 Å². The largest absolute Gasteiger partial charge is 0.493 e. The highest BCUT2D eigenvalue weighted by Gasteiger charge is 2.38. The minimum Gasteiger partial charge on any atom is -0.493 e. The summed E-state index contributed by atoms with van der Waals surface area (Å²) >= 11 is 13.0. The van der Waals surface area contributed by atoms with Crippen molar-refractivity contribution in [3.8, 4) is 11.5 Å². The van der Waals surface area contributed by atoms with Gasteiger partial charge in [-0.2, -0.15) is 0 Å². The van der Waals surface area contributed by atoms with Crippen LogP contribution >= 0.6 is 23.2 Å². The molecule has 7 rings (SSSR count). The Hall–Kier alpha value is -4.38. The number of piperidine rings is 3. The van der Waals surface area contributed by atoms with Crippen molar-refractivity contribution in [2.24, 2.45) is 5.92 Å². The zero-order chi connectivity index (χ0) is 34.5. The number of para-hydroxylation sites is 1. The normalized spacial score (nSPS) is 18.8. The van der Waals surface area contributed by atoms with Crippen molar-refractivity contribution < 1.29 is 37.9 Å². The average Bonchev–Trinajstić information content (AvgIpc) is 3.12. The molecule has 3 fully saturated rings. The zero-order valence-corrected chi connectivity index (χ0v) is 28.7. The third-order valence-corrected chi connectivity index (χ3v) is 9.80. The van der Waals surface area contributed by atoms with Crippen molar-refractivity contribution in [1.82, 2.24) is 4.90 Å². The number of anilines is 1. The lowest BCUT2D eigenvalue weighted by molar-refractivity contribution is -0.377. The first-order valence-corrected chi connectivity index (χ1v) is 16.8. The molecule has 49 heavy (non-hydrogen) atoms. The van der Waals surface area contributed by atoms with E-state index in [4.69, 9.17) is 42.1 Å². The van der Waals surface area contributed by atoms with Crippen LogP contribution in [-0.4, -0.2) is 56.9 Å². The molecule has 3 saturated heterocycles. The Kier molecular flexibility index (Phi) is 10.9. The van der Waals surface area contributed by atoms with Crippen molar-refractivity contribution in [1.29, 1.82) is 0 Å². The fourth-order valence-electron chi connectivity index (χ4n) is 6.47. The first-order valence-electron chi connectivity index (χ1n) is 16.0. The lowest BCUT2D eigenvalue weighted by Gasteiger charge is -2.44. The molecule has 3 aliphatic rings. The second-order valence-electron chi connectivity index (χ2n) is 12.1. The number of aromatic amines is 1. The van der Waals surface area contributed by atoms with Crippen LogP contribution in [0.5, 0.6) is 11.5 Å². The summed E-state index contributed by atoms with van der Waals surface area (Å²) in [6, 6.07) is 18.0. The van der Waals surface area contributed by atoms with Gasteiger partial charge in [-0.1, -0.05) is 53.5 Å². The molecule has 0 unspecified atom stereocenters. The van der Waals surface area contributed by atoms with Gasteiger partial charge in [-0.05, 0) is 79.4 Å². The Morgan fingerprint density at radius 2 is 1.69 bits per heavy atom. The van der Waals surface area contributed by atoms with Gasteiger partial charge in [-0.3, -0.25) is 9.80 Å². The van der Waals surface area contributed by atoms with Crippen molar-refractivity contribution >= 4 is 41.0 Å². The zero-order valence-electron chi connectivity index (χ0n) is 27.2. The molecule has 9 nitrogen and oxygen atoms in total. The number of carbonyl (C=O) groups is 2. The molecule has 256 valence electrons. The van der Waals surface area contributed by atoms with E-state index in [2.05, 4.69) is 9.88 Å². The molecular formula is C37H37Cl2FN3O6+. The molecule has 1 N–H and O–H groups in total. The number of amides is 1. The van der Waals surface area contributed by atoms with Crippen LogP contribution in [0.3, 0.4) is 0 Å². The molecule has 4 aromatic rings. The van der Waals surface area contributed by atoms with Gasteiger partial charge in [-0.15, -0.1) is 0 Å². The number of pyridine rings is 1. The number of halogens is 3. The molecule has 0 saturated carbocycles. The number of H-pyrrole nitrogens is 1. The first-order chi connectivity index (χ1) is 23.7. The number of nitrogens with zero attached hydrogens (tertiary/aromatic N) is 2. The highest BCUT2D eigenvalue weighted by Crippen LogP contribution is 2.36. The molecule has 4 heterocycles. The number of hydrogen-bond acceptors (Lipinski definition) is 7. The van der Waals surface area contributed by atoms with E-state index >= 15 is 4.39 Å². The molecule has 0 spiro atoms. The fourth-order valence-corrected chi connectivity index (χ4v) is 7.00. The number of ether oxygens (including phenoxy) is 4. The van der Waals surface area contributed by atoms with Crippen LogP contribution in [0.4, 0.5) is 14.9 Å². The number of hydrogen-bond donors (Lipinski definition) is 0. The number of nitrogens with one attached hydrogen (secondary N) is 1. The minimum absolute atomic E-state index is 0.0349. The van der Waals surface area contributed by atoms with E-state index in [0.717, 1.165) is 25.9 Å². The van der Waals surface area contributed by atoms with Gasteiger partial charge >= 0.3 is 12.1 Å². The van der Waals surface area contributed by atoms with Gasteiger partial charge in [0.05, 0.1) is 32.0 Å². The quantitative estimate of drug-likeness (QED) is 0.151. The van der Waals surface area contributed by atoms with E-state index in [9.17, 15) is 9.59 Å². The summed E-state index contributed by atoms with van der Waals surface area (Å²) in [6.07, 6.45) is 3.58. The third kappa shape index (κ3) is 7.93. The molecule has 2 bridgehead atoms. The first kappa shape index (κ1) is 34.5. The van der Waals surface area contributed by atoms with Gasteiger partial charge in [0.15, 0.2) is 23.9 Å². The van der Waals surface area contributed by atoms with Gasteiger partial charge in [0.2, 0.25) is 0 Å². The number of fused-ring (bicyclic) bond motifs is 3. The second-order valence-corrected chi connectivity index (χ2v) is 13.0. The van der Waals surface area contributed by atoms with E-state index < -0.39 is 24.0 Å². The number of carbonyl (C=O) groups excluding carboxylic acids is 2. The number of aromatic nitrogens is 1. The standard InChI is InChI=1S/C37H36Cl2FN3O6/c1-46-32-11-10-25(17-34(32)47-2)33(18-27-28(38)19-41-20-29(27)39)48-36(44)26-7-5-6-23(16-26)21-43(31-9-4-3-8-30(31)40)37(45)49-35-22-42-14-12-24(35)13-15-42/h3-11,16-17,19-20,24,33,35H,12-15,18,21-22H2,1-2H3/p+1/t33-,35-/m0/s1. The maximum absolute atomic E-state index is 15.1. The molecular weight excluding hydrogens is 672 g/mol. The van der Waals surface area contributed by atoms with Gasteiger partial charge < -0.3 is 18.9 Å². The maximum atomic E-state index is 15.1. The summed E-state index contributed by atoms with van der Waals surface area (Å²) in [4.78, 5) is 33.9. The highest BCUT2D eigenvalue weighted by molar-refractivity contribution is 6.35. The predicted octanol–water partition coefficient (Wildman–Crippen LogP) is 7.34. The van der Waals surface area contributed by atoms with Gasteiger partial charge in [0.1, 0.15) is 28.1 Å². The van der Waals surface area contributed by atoms with E-state index in [1.54, 1.807) is 67.0 Å². The summed E-state index contributed by atoms with van der Waals surface area (Å²) in [6.45, 7) is 2.62. The lowest BCUT2D eigenvalue weighted by Crippen LogP contribution is -2.53. The molecule has 12 heteroatoms. The van der Waals surface area contributed by atoms with Crippen LogP contribution < -0.4 is 19.4 Å². The molecule has 3 aromatic carbocycles. The molecule has 3 aliphatic heterocycles. The van der Waals surface area contributed by atoms with Gasteiger partial charge in [0, 0.05) is 18.5 Å². The van der Waals surface area contributed by atoms with Crippen molar-refractivity contribution in [3.05, 3.63) is 117 Å². The van der Waals surface area contributed by atoms with Crippen LogP contribution in [0.2, 0.25) is 10.0 Å². The fraction of sp³-hybridized carbons (Fsp3) is 0.324. The summed E-state index contributed by atoms with van der Waals surface area (Å²) in [7, 11) is 3.05. The van der Waals surface area contributed by atoms with Crippen molar-refractivity contribution in [2.75, 3.05) is 38.8 Å². The van der Waals surface area contributed by atoms with E-state index in [1.807, 2.05) is 0 Å². The van der Waals surface area contributed by atoms with Crippen LogP contribution in [-0.2, 0) is 22.4 Å². The average molecular weight is 710 g/mol. The highest BCUT2D eigenvalue weighted by atomic mass is 35.5. The summed E-state index contributed by atoms with van der Waals surface area (Å²) < 4.78 is 38.1. The Labute approximate surface area is 294 Å². The van der Waals surface area contributed by atoms with Crippen LogP contribution in [0.1, 0.15) is 46.0 Å². The van der Waals surface area contributed by atoms with E-state index in [1.165, 1.54) is 31.3 Å². The Bertz CT molecular complexity index is 1800. The predicted molar refractivity (Wildman–Crippen MR) is 183 cm³/mol. The Morgan fingerprint density at radius 1 is 0.959 bits per heavy atom. The number of esters is 1. The summed E-state index contributed by atoms with van der Waals surface area (Å²) in [5, 5.41) is 0.767. The Morgan fingerprint density at radius 3 is 2.37 bits per heavy atom. The van der Waals surface area contributed by atoms with Crippen LogP contribution in [0.25, 0.3) is 0 Å². The number of rotatable bonds is 11. The maximum Gasteiger partial charge on any atom is 0.415 e. The molecule has 2 atom stereocenters. The molecule has 0 aliphatic carbocycles. The van der Waals surface area contributed by atoms with Crippen LogP contribution in [0, 0.1) is 11.7 Å².